The maximum atomic E-state index is 13.1. The zero-order chi connectivity index (χ0) is 20.6. The SMILES string of the molecule is O=S1(=O)CCN(S(=O)(=O)N2CC(c3ccccc3)C(c3ccc(Cl)cc3)=N2)CC1. The molecule has 154 valence electrons. The maximum absolute atomic E-state index is 13.1. The molecule has 4 rings (SSSR count). The molecule has 1 saturated heterocycles. The summed E-state index contributed by atoms with van der Waals surface area (Å²) in [4.78, 5) is 0. The Hall–Kier alpha value is -1.94. The maximum Gasteiger partial charge on any atom is 0.319 e. The smallest absolute Gasteiger partial charge is 0.229 e. The van der Waals surface area contributed by atoms with E-state index in [-0.39, 0.29) is 37.1 Å². The Morgan fingerprint density at radius 2 is 1.59 bits per heavy atom. The van der Waals surface area contributed by atoms with Crippen molar-refractivity contribution in [2.24, 2.45) is 5.10 Å². The van der Waals surface area contributed by atoms with E-state index in [0.717, 1.165) is 15.5 Å². The fourth-order valence-corrected chi connectivity index (χ4v) is 6.50. The Balaban J connectivity index is 1.68. The predicted octanol–water partition coefficient (Wildman–Crippen LogP) is 2.12. The van der Waals surface area contributed by atoms with Crippen LogP contribution in [0.25, 0.3) is 0 Å². The minimum Gasteiger partial charge on any atom is -0.229 e. The van der Waals surface area contributed by atoms with Crippen LogP contribution in [0.5, 0.6) is 0 Å². The normalized spacial score (nSPS) is 22.4. The first-order valence-corrected chi connectivity index (χ1v) is 12.7. The Labute approximate surface area is 175 Å². The van der Waals surface area contributed by atoms with Gasteiger partial charge in [0.05, 0.1) is 23.8 Å². The van der Waals surface area contributed by atoms with Crippen LogP contribution in [0.2, 0.25) is 5.02 Å². The fraction of sp³-hybridized carbons (Fsp3) is 0.316. The highest BCUT2D eigenvalue weighted by molar-refractivity contribution is 7.91. The van der Waals surface area contributed by atoms with Crippen molar-refractivity contribution in [1.29, 1.82) is 0 Å². The zero-order valence-electron chi connectivity index (χ0n) is 15.5. The van der Waals surface area contributed by atoms with Crippen molar-refractivity contribution in [3.8, 4) is 0 Å². The van der Waals surface area contributed by atoms with Gasteiger partial charge >= 0.3 is 10.2 Å². The van der Waals surface area contributed by atoms with Crippen LogP contribution in [-0.4, -0.2) is 62.4 Å². The van der Waals surface area contributed by atoms with Crippen molar-refractivity contribution in [2.75, 3.05) is 31.1 Å². The lowest BCUT2D eigenvalue weighted by atomic mass is 9.91. The molecule has 1 unspecified atom stereocenters. The predicted molar refractivity (Wildman–Crippen MR) is 113 cm³/mol. The molecule has 0 saturated carbocycles. The Morgan fingerprint density at radius 3 is 2.21 bits per heavy atom. The number of sulfone groups is 1. The van der Waals surface area contributed by atoms with Gasteiger partial charge in [0.25, 0.3) is 0 Å². The van der Waals surface area contributed by atoms with Gasteiger partial charge in [-0.1, -0.05) is 54.1 Å². The van der Waals surface area contributed by atoms with Gasteiger partial charge in [0, 0.05) is 24.0 Å². The average Bonchev–Trinajstić information content (AvgIpc) is 3.15. The lowest BCUT2D eigenvalue weighted by molar-refractivity contribution is 0.362. The number of halogens is 1. The number of hydrogen-bond donors (Lipinski definition) is 0. The van der Waals surface area contributed by atoms with Gasteiger partial charge in [-0.3, -0.25) is 0 Å². The molecule has 2 aliphatic heterocycles. The Morgan fingerprint density at radius 1 is 0.966 bits per heavy atom. The third-order valence-electron chi connectivity index (χ3n) is 5.13. The van der Waals surface area contributed by atoms with E-state index in [1.165, 1.54) is 4.31 Å². The average molecular weight is 454 g/mol. The highest BCUT2D eigenvalue weighted by Gasteiger charge is 2.40. The van der Waals surface area contributed by atoms with Gasteiger partial charge in [-0.25, -0.2) is 8.42 Å². The van der Waals surface area contributed by atoms with E-state index in [1.54, 1.807) is 12.1 Å². The summed E-state index contributed by atoms with van der Waals surface area (Å²) in [6, 6.07) is 16.7. The molecule has 0 bridgehead atoms. The molecule has 0 aromatic heterocycles. The molecule has 2 aromatic rings. The van der Waals surface area contributed by atoms with Crippen LogP contribution < -0.4 is 0 Å². The third-order valence-corrected chi connectivity index (χ3v) is 8.77. The fourth-order valence-electron chi connectivity index (χ4n) is 3.51. The van der Waals surface area contributed by atoms with Crippen LogP contribution >= 0.6 is 11.6 Å². The van der Waals surface area contributed by atoms with Crippen LogP contribution in [0.1, 0.15) is 17.0 Å². The van der Waals surface area contributed by atoms with Crippen LogP contribution in [0.3, 0.4) is 0 Å². The van der Waals surface area contributed by atoms with Crippen molar-refractivity contribution >= 4 is 37.4 Å². The number of benzene rings is 2. The molecule has 7 nitrogen and oxygen atoms in total. The summed E-state index contributed by atoms with van der Waals surface area (Å²) in [5.74, 6) is -0.577. The van der Waals surface area contributed by atoms with Gasteiger partial charge in [0.2, 0.25) is 0 Å². The summed E-state index contributed by atoms with van der Waals surface area (Å²) >= 11 is 6.00. The highest BCUT2D eigenvalue weighted by atomic mass is 35.5. The second-order valence-corrected chi connectivity index (χ2v) is 11.6. The molecule has 2 aliphatic rings. The van der Waals surface area contributed by atoms with E-state index in [0.29, 0.717) is 10.7 Å². The van der Waals surface area contributed by atoms with Crippen molar-refractivity contribution in [3.05, 3.63) is 70.7 Å². The van der Waals surface area contributed by atoms with E-state index < -0.39 is 20.0 Å². The van der Waals surface area contributed by atoms with E-state index >= 15 is 0 Å². The Bertz CT molecular complexity index is 1120. The van der Waals surface area contributed by atoms with E-state index in [9.17, 15) is 16.8 Å². The van der Waals surface area contributed by atoms with Crippen molar-refractivity contribution in [2.45, 2.75) is 5.92 Å². The summed E-state index contributed by atoms with van der Waals surface area (Å²) in [6.07, 6.45) is 0. The summed E-state index contributed by atoms with van der Waals surface area (Å²) in [5, 5.41) is 5.04. The Kier molecular flexibility index (Phi) is 5.41. The molecule has 29 heavy (non-hydrogen) atoms. The summed E-state index contributed by atoms with van der Waals surface area (Å²) < 4.78 is 51.9. The summed E-state index contributed by atoms with van der Waals surface area (Å²) in [6.45, 7) is 0.0551. The largest absolute Gasteiger partial charge is 0.319 e. The molecule has 1 fully saturated rings. The molecule has 0 aliphatic carbocycles. The summed E-state index contributed by atoms with van der Waals surface area (Å²) in [5.41, 5.74) is 2.39. The first-order chi connectivity index (χ1) is 13.8. The molecule has 0 radical (unpaired) electrons. The highest BCUT2D eigenvalue weighted by Crippen LogP contribution is 2.31. The molecular formula is C19H20ClN3O4S2. The first-order valence-electron chi connectivity index (χ1n) is 9.14. The van der Waals surface area contributed by atoms with Crippen LogP contribution in [0.4, 0.5) is 0 Å². The number of nitrogens with zero attached hydrogens (tertiary/aromatic N) is 3. The van der Waals surface area contributed by atoms with Crippen LogP contribution in [0.15, 0.2) is 59.7 Å². The molecule has 1 atom stereocenters. The number of hydrazone groups is 1. The van der Waals surface area contributed by atoms with Crippen LogP contribution in [0, 0.1) is 0 Å². The number of hydrogen-bond acceptors (Lipinski definition) is 5. The van der Waals surface area contributed by atoms with Gasteiger partial charge in [-0.05, 0) is 23.3 Å². The zero-order valence-corrected chi connectivity index (χ0v) is 17.9. The molecule has 10 heteroatoms. The second-order valence-electron chi connectivity index (χ2n) is 7.02. The van der Waals surface area contributed by atoms with Gasteiger partial charge in [-0.15, -0.1) is 0 Å². The van der Waals surface area contributed by atoms with E-state index in [4.69, 9.17) is 11.6 Å². The standard InChI is InChI=1S/C19H20ClN3O4S2/c20-17-8-6-16(7-9-17)19-18(15-4-2-1-3-5-15)14-23(21-19)29(26,27)22-10-12-28(24,25)13-11-22/h1-9,18H,10-14H2. The third kappa shape index (κ3) is 4.18. The minimum absolute atomic E-state index is 0.0526. The van der Waals surface area contributed by atoms with Gasteiger partial charge in [-0.2, -0.15) is 22.2 Å². The topological polar surface area (TPSA) is 87.1 Å². The molecule has 0 amide bonds. The molecule has 2 heterocycles. The molecule has 0 spiro atoms. The lowest BCUT2D eigenvalue weighted by Gasteiger charge is -2.29. The quantitative estimate of drug-likeness (QED) is 0.709. The van der Waals surface area contributed by atoms with Gasteiger partial charge in [0.15, 0.2) is 9.84 Å². The van der Waals surface area contributed by atoms with Crippen molar-refractivity contribution in [1.82, 2.24) is 8.72 Å². The first kappa shape index (κ1) is 20.3. The molecule has 2 aromatic carbocycles. The minimum atomic E-state index is -3.91. The lowest BCUT2D eigenvalue weighted by Crippen LogP contribution is -2.48. The monoisotopic (exact) mass is 453 g/mol. The molecule has 0 N–H and O–H groups in total. The van der Waals surface area contributed by atoms with E-state index in [2.05, 4.69) is 5.10 Å². The van der Waals surface area contributed by atoms with Crippen LogP contribution in [-0.2, 0) is 20.0 Å². The summed E-state index contributed by atoms with van der Waals surface area (Å²) in [7, 11) is -7.10. The number of rotatable bonds is 4. The molecular weight excluding hydrogens is 434 g/mol. The van der Waals surface area contributed by atoms with Gasteiger partial charge in [0.1, 0.15) is 0 Å². The van der Waals surface area contributed by atoms with E-state index in [1.807, 2.05) is 42.5 Å². The van der Waals surface area contributed by atoms with Crippen molar-refractivity contribution in [3.63, 3.8) is 0 Å². The van der Waals surface area contributed by atoms with Crippen molar-refractivity contribution < 1.29 is 16.8 Å². The van der Waals surface area contributed by atoms with Gasteiger partial charge < -0.3 is 0 Å². The second kappa shape index (κ2) is 7.71.